The number of ether oxygens (including phenoxy) is 3. The third kappa shape index (κ3) is 17.8. The number of piperazine rings is 3. The Hall–Kier alpha value is -12.2. The number of H-pyrrole nitrogens is 3. The van der Waals surface area contributed by atoms with Crippen LogP contribution in [0.25, 0.3) is 66.6 Å². The largest absolute Gasteiger partial charge is 0.478 e. The van der Waals surface area contributed by atoms with Crippen LogP contribution in [0.2, 0.25) is 0 Å². The fourth-order valence-corrected chi connectivity index (χ4v) is 14.5. The maximum atomic E-state index is 13.3. The Morgan fingerprint density at radius 1 is 0.430 bits per heavy atom. The van der Waals surface area contributed by atoms with E-state index < -0.39 is 0 Å². The summed E-state index contributed by atoms with van der Waals surface area (Å²) < 4.78 is 21.0. The predicted octanol–water partition coefficient (Wildman–Crippen LogP) is 7.73. The SMILES string of the molecule is CC[C@H](C(=O)Nc1cncc2c(-c3nc(Nc4cn(C)nc4OC)ncc3C)c[nH]c12)N1CCN(C)CC1.CC[C@H](C(=O)Nc1nccc2c(-c3nc(Nc4cn(C)nc4OC)ncc3C)c[nH]c12)N1CCN(C)CC1.CC[C@H](C(=O)Nc1ncnc2c(-c3nc(Nc4cn(C)nc4OC)ncc3C)c[nH]c12)N1CCN(C)CC1. The van der Waals surface area contributed by atoms with Gasteiger partial charge in [-0.3, -0.25) is 48.1 Å². The highest BCUT2D eigenvalue weighted by molar-refractivity contribution is 6.08. The minimum Gasteiger partial charge on any atom is -0.478 e. The zero-order chi connectivity index (χ0) is 80.4. The van der Waals surface area contributed by atoms with Crippen LogP contribution in [0.1, 0.15) is 56.7 Å². The number of anilines is 9. The van der Waals surface area contributed by atoms with Gasteiger partial charge in [-0.2, -0.15) is 0 Å². The first-order chi connectivity index (χ1) is 55.1. The molecule has 37 heteroatoms. The predicted molar refractivity (Wildman–Crippen MR) is 438 cm³/mol. The van der Waals surface area contributed by atoms with Gasteiger partial charge in [-0.1, -0.05) is 20.8 Å². The van der Waals surface area contributed by atoms with Crippen LogP contribution in [0.4, 0.5) is 52.2 Å². The monoisotopic (exact) mass is 1560 g/mol. The van der Waals surface area contributed by atoms with Crippen molar-refractivity contribution in [3.63, 3.8) is 0 Å². The Morgan fingerprint density at radius 3 is 1.23 bits per heavy atom. The number of aromatic amines is 3. The summed E-state index contributed by atoms with van der Waals surface area (Å²) in [5, 5.41) is 33.4. The van der Waals surface area contributed by atoms with Gasteiger partial charge in [-0.05, 0) is 83.9 Å². The van der Waals surface area contributed by atoms with Crippen LogP contribution >= 0.6 is 0 Å². The lowest BCUT2D eigenvalue weighted by Gasteiger charge is -2.36. The van der Waals surface area contributed by atoms with Crippen LogP contribution in [0, 0.1) is 20.8 Å². The third-order valence-electron chi connectivity index (χ3n) is 20.8. The maximum Gasteiger partial charge on any atom is 0.256 e. The Bertz CT molecular complexity index is 4830. The normalized spacial score (nSPS) is 15.5. The number of pyridine rings is 2. The number of amides is 3. The van der Waals surface area contributed by atoms with Crippen molar-refractivity contribution < 1.29 is 28.6 Å². The second-order valence-electron chi connectivity index (χ2n) is 28.7. The topological polar surface area (TPSA) is 400 Å². The summed E-state index contributed by atoms with van der Waals surface area (Å²) in [5.41, 5.74) is 13.0. The second kappa shape index (κ2) is 35.7. The van der Waals surface area contributed by atoms with Crippen LogP contribution in [-0.2, 0) is 35.5 Å². The molecule has 0 unspecified atom stereocenters. The third-order valence-corrected chi connectivity index (χ3v) is 20.8. The number of nitrogens with zero attached hydrogens (tertiary/aromatic N) is 22. The van der Waals surface area contributed by atoms with E-state index in [-0.39, 0.29) is 35.8 Å². The van der Waals surface area contributed by atoms with E-state index in [1.54, 1.807) is 91.1 Å². The molecule has 3 saturated heterocycles. The molecule has 12 aromatic heterocycles. The number of aryl methyl sites for hydroxylation is 6. The number of carbonyl (C=O) groups excluding carboxylic acids is 3. The van der Waals surface area contributed by atoms with Crippen LogP contribution < -0.4 is 46.1 Å². The first-order valence-electron chi connectivity index (χ1n) is 38.1. The van der Waals surface area contributed by atoms with Crippen LogP contribution in [0.15, 0.2) is 86.8 Å². The van der Waals surface area contributed by atoms with Gasteiger partial charge in [0, 0.05) is 177 Å². The molecule has 3 fully saturated rings. The Labute approximate surface area is 659 Å². The summed E-state index contributed by atoms with van der Waals surface area (Å²) in [5.74, 6) is 3.43. The van der Waals surface area contributed by atoms with Gasteiger partial charge in [0.15, 0.2) is 11.6 Å². The van der Waals surface area contributed by atoms with E-state index >= 15 is 0 Å². The first-order valence-corrected chi connectivity index (χ1v) is 38.1. The molecular weight excluding hydrogens is 1460 g/mol. The van der Waals surface area contributed by atoms with E-state index in [1.807, 2.05) is 80.4 Å². The summed E-state index contributed by atoms with van der Waals surface area (Å²) in [6.45, 7) is 23.0. The lowest BCUT2D eigenvalue weighted by molar-refractivity contribution is -0.122. The van der Waals surface area contributed by atoms with E-state index in [1.165, 1.54) is 6.33 Å². The van der Waals surface area contributed by atoms with Crippen molar-refractivity contribution in [3.8, 4) is 51.4 Å². The Balaban J connectivity index is 0.000000149. The van der Waals surface area contributed by atoms with Gasteiger partial charge in [-0.25, -0.2) is 44.9 Å². The molecular formula is C77H101N31O6. The molecule has 3 aliphatic rings. The van der Waals surface area contributed by atoms with E-state index in [9.17, 15) is 14.4 Å². The molecule has 15 rings (SSSR count). The average Bonchev–Trinajstić information content (AvgIpc) is 1.56. The molecule has 3 aliphatic heterocycles. The van der Waals surface area contributed by atoms with Crippen molar-refractivity contribution in [2.24, 2.45) is 21.1 Å². The molecule has 0 radical (unpaired) electrons. The number of likely N-dealkylation sites (N-methyl/N-ethyl adjacent to an activating group) is 3. The lowest BCUT2D eigenvalue weighted by Crippen LogP contribution is -2.52. The van der Waals surface area contributed by atoms with Crippen molar-refractivity contribution in [3.05, 3.63) is 103 Å². The molecule has 9 N–H and O–H groups in total. The highest BCUT2D eigenvalue weighted by Crippen LogP contribution is 2.38. The zero-order valence-corrected chi connectivity index (χ0v) is 67.2. The standard InChI is InChI=1S/2C26H34N10O2.C25H33N11O2/c1-6-21(36-9-7-34(3)8-10-36)24(37)30-19-14-27-12-17-18(13-28-23(17)19)22-16(2)11-29-26(32-22)31-20-15-35(4)33-25(20)38-5;1-6-20(36-11-9-34(3)10-12-36)24(37)32-23-22-17(7-8-27-23)18(14-28-22)21-16(2)13-29-26(31-21)30-19-15-35(4)33-25(19)38-5;1-6-18(36-9-7-34(3)8-10-36)23(37)32-22-21-20(28-14-29-22)16(12-26-21)19-15(2)11-27-25(31-19)30-17-13-35(4)33-24(17)38-5/h11-15,21,28H,6-10H2,1-5H3,(H,30,37)(H,29,31,32);7-8,13-15,20,28H,6,9-12H2,1-5H3,(H,27,32,37)(H,29,30,31);11-14,18,26H,6-10H2,1-5H3,(H,27,30,31)(H,28,29,32,37)/t21-;20-;18-/m111/s1. The number of methoxy groups -OCH3 is 3. The number of aromatic nitrogens is 19. The molecule has 0 aromatic carbocycles. The summed E-state index contributed by atoms with van der Waals surface area (Å²) in [6.07, 6.45) is 25.2. The molecule has 12 aromatic rings. The molecule has 3 atom stereocenters. The first kappa shape index (κ1) is 79.9. The van der Waals surface area contributed by atoms with E-state index in [4.69, 9.17) is 29.2 Å². The van der Waals surface area contributed by atoms with Crippen molar-refractivity contribution >= 4 is 103 Å². The van der Waals surface area contributed by atoms with Gasteiger partial charge in [0.05, 0.1) is 98.0 Å². The molecule has 15 heterocycles. The van der Waals surface area contributed by atoms with Gasteiger partial charge in [0.2, 0.25) is 35.6 Å². The minimum absolute atomic E-state index is 0.0161. The van der Waals surface area contributed by atoms with Gasteiger partial charge in [-0.15, -0.1) is 15.3 Å². The van der Waals surface area contributed by atoms with Crippen molar-refractivity contribution in [1.29, 1.82) is 0 Å². The molecule has 0 saturated carbocycles. The number of hydrogen-bond donors (Lipinski definition) is 9. The summed E-state index contributed by atoms with van der Waals surface area (Å²) in [6, 6.07) is 1.33. The average molecular weight is 1560 g/mol. The lowest BCUT2D eigenvalue weighted by atomic mass is 10.1. The number of rotatable bonds is 24. The van der Waals surface area contributed by atoms with Crippen LogP contribution in [0.5, 0.6) is 17.6 Å². The smallest absolute Gasteiger partial charge is 0.256 e. The van der Waals surface area contributed by atoms with Gasteiger partial charge in [0.25, 0.3) is 17.6 Å². The van der Waals surface area contributed by atoms with Crippen molar-refractivity contribution in [2.45, 2.75) is 78.9 Å². The molecule has 114 heavy (non-hydrogen) atoms. The van der Waals surface area contributed by atoms with Crippen molar-refractivity contribution in [2.75, 3.05) is 153 Å². The minimum atomic E-state index is -0.217. The molecule has 3 amide bonds. The summed E-state index contributed by atoms with van der Waals surface area (Å²) in [4.78, 5) is 109. The van der Waals surface area contributed by atoms with E-state index in [2.05, 4.69) is 155 Å². The number of carbonyl (C=O) groups is 3. The number of fused-ring (bicyclic) bond motifs is 3. The number of nitrogens with one attached hydrogen (secondary N) is 9. The van der Waals surface area contributed by atoms with Gasteiger partial charge in [0.1, 0.15) is 34.4 Å². The fourth-order valence-electron chi connectivity index (χ4n) is 14.5. The highest BCUT2D eigenvalue weighted by Gasteiger charge is 2.32. The van der Waals surface area contributed by atoms with Crippen LogP contribution in [0.3, 0.4) is 0 Å². The molecule has 37 nitrogen and oxygen atoms in total. The second-order valence-corrected chi connectivity index (χ2v) is 28.7. The Kier molecular flexibility index (Phi) is 25.0. The molecule has 600 valence electrons. The summed E-state index contributed by atoms with van der Waals surface area (Å²) in [7, 11) is 16.5. The van der Waals surface area contributed by atoms with E-state index in [0.29, 0.717) is 86.6 Å². The fraction of sp³-hybridized carbons (Fsp3) is 0.429. The maximum absolute atomic E-state index is 13.3. The summed E-state index contributed by atoms with van der Waals surface area (Å²) >= 11 is 0. The van der Waals surface area contributed by atoms with Gasteiger partial charge < -0.3 is 75.8 Å². The van der Waals surface area contributed by atoms with E-state index in [0.717, 1.165) is 164 Å². The number of hydrogen-bond acceptors (Lipinski definition) is 28. The van der Waals surface area contributed by atoms with Crippen molar-refractivity contribution in [1.82, 2.24) is 124 Å². The van der Waals surface area contributed by atoms with Gasteiger partial charge >= 0.3 is 0 Å². The molecule has 0 bridgehead atoms. The molecule has 0 spiro atoms. The molecule has 0 aliphatic carbocycles. The van der Waals surface area contributed by atoms with Crippen LogP contribution in [-0.4, -0.2) is 280 Å². The zero-order valence-electron chi connectivity index (χ0n) is 67.2. The quantitative estimate of drug-likeness (QED) is 0.0279. The Morgan fingerprint density at radius 2 is 0.807 bits per heavy atom. The highest BCUT2D eigenvalue weighted by atomic mass is 16.5.